The number of hydrogen-bond donors (Lipinski definition) is 1. The average molecular weight is 345 g/mol. The Bertz CT molecular complexity index is 594. The van der Waals surface area contributed by atoms with Gasteiger partial charge >= 0.3 is 18.1 Å². The number of benzene rings is 1. The van der Waals surface area contributed by atoms with Gasteiger partial charge in [-0.3, -0.25) is 4.79 Å². The lowest BCUT2D eigenvalue weighted by molar-refractivity contribution is -0.177. The van der Waals surface area contributed by atoms with Crippen molar-refractivity contribution >= 4 is 18.2 Å². The van der Waals surface area contributed by atoms with Crippen molar-refractivity contribution in [3.8, 4) is 0 Å². The maximum absolute atomic E-state index is 12.5. The number of carbonyl (C=O) groups excluding carboxylic acids is 3. The van der Waals surface area contributed by atoms with E-state index in [0.717, 1.165) is 0 Å². The molecule has 0 fully saturated rings. The van der Waals surface area contributed by atoms with E-state index in [-0.39, 0.29) is 5.56 Å². The third-order valence-electron chi connectivity index (χ3n) is 2.89. The Morgan fingerprint density at radius 3 is 2.08 bits per heavy atom. The van der Waals surface area contributed by atoms with Gasteiger partial charge in [0.15, 0.2) is 0 Å². The topological polar surface area (TPSA) is 72.5 Å². The molecule has 0 heterocycles. The van der Waals surface area contributed by atoms with Gasteiger partial charge in [0.2, 0.25) is 0 Å². The number of esters is 1. The van der Waals surface area contributed by atoms with Gasteiger partial charge in [-0.2, -0.15) is 13.2 Å². The van der Waals surface area contributed by atoms with Crippen LogP contribution in [0.4, 0.5) is 13.2 Å². The Morgan fingerprint density at radius 2 is 1.67 bits per heavy atom. The van der Waals surface area contributed by atoms with E-state index in [2.05, 4.69) is 0 Å². The van der Waals surface area contributed by atoms with E-state index in [9.17, 15) is 27.6 Å². The molecule has 1 rings (SSSR count). The SMILES string of the molecule is CC(C)(C)OC(=O)C(NC(=O)C(F)(F)F)C(C=O)c1ccccc1. The number of aldehydes is 1. The molecule has 5 nitrogen and oxygen atoms in total. The molecule has 24 heavy (non-hydrogen) atoms. The van der Waals surface area contributed by atoms with Crippen LogP contribution in [0.1, 0.15) is 32.3 Å². The molecule has 8 heteroatoms. The first-order chi connectivity index (χ1) is 11.0. The van der Waals surface area contributed by atoms with Crippen molar-refractivity contribution in [1.29, 1.82) is 0 Å². The van der Waals surface area contributed by atoms with Crippen LogP contribution in [0.2, 0.25) is 0 Å². The van der Waals surface area contributed by atoms with Crippen molar-refractivity contribution in [2.75, 3.05) is 0 Å². The summed E-state index contributed by atoms with van der Waals surface area (Å²) in [4.78, 5) is 34.9. The minimum Gasteiger partial charge on any atom is -0.458 e. The maximum Gasteiger partial charge on any atom is 0.471 e. The largest absolute Gasteiger partial charge is 0.471 e. The third-order valence-corrected chi connectivity index (χ3v) is 2.89. The number of nitrogens with one attached hydrogen (secondary N) is 1. The molecule has 0 saturated carbocycles. The normalized spacial score (nSPS) is 14.4. The number of carbonyl (C=O) groups is 3. The summed E-state index contributed by atoms with van der Waals surface area (Å²) in [5.41, 5.74) is -0.714. The van der Waals surface area contributed by atoms with Crippen LogP contribution in [0, 0.1) is 0 Å². The second-order valence-corrected chi connectivity index (χ2v) is 6.05. The highest BCUT2D eigenvalue weighted by atomic mass is 19.4. The number of halogens is 3. The van der Waals surface area contributed by atoms with Gasteiger partial charge < -0.3 is 14.8 Å². The molecule has 0 aliphatic carbocycles. The van der Waals surface area contributed by atoms with Gasteiger partial charge in [0.25, 0.3) is 0 Å². The molecule has 1 aromatic rings. The number of alkyl halides is 3. The van der Waals surface area contributed by atoms with E-state index < -0.39 is 35.6 Å². The second kappa shape index (κ2) is 7.46. The lowest BCUT2D eigenvalue weighted by Crippen LogP contribution is -2.51. The summed E-state index contributed by atoms with van der Waals surface area (Å²) in [5.74, 6) is -4.76. The molecular formula is C16H18F3NO4. The molecule has 0 saturated heterocycles. The summed E-state index contributed by atoms with van der Waals surface area (Å²) in [6.45, 7) is 4.56. The van der Waals surface area contributed by atoms with Gasteiger partial charge in [-0.25, -0.2) is 4.79 Å². The van der Waals surface area contributed by atoms with E-state index in [1.54, 1.807) is 23.5 Å². The first kappa shape index (κ1) is 19.7. The second-order valence-electron chi connectivity index (χ2n) is 6.05. The molecule has 1 N–H and O–H groups in total. The van der Waals surface area contributed by atoms with Crippen molar-refractivity contribution < 1.29 is 32.3 Å². The summed E-state index contributed by atoms with van der Waals surface area (Å²) in [5, 5.41) is 1.56. The first-order valence-electron chi connectivity index (χ1n) is 7.06. The van der Waals surface area contributed by atoms with Crippen molar-refractivity contribution in [3.63, 3.8) is 0 Å². The molecule has 0 aromatic heterocycles. The molecule has 1 amide bonds. The zero-order valence-electron chi connectivity index (χ0n) is 13.4. The standard InChI is InChI=1S/C16H18F3NO4/c1-15(2,3)24-13(22)12(20-14(23)16(17,18)19)11(9-21)10-7-5-4-6-8-10/h4-9,11-12H,1-3H3,(H,20,23). The summed E-state index contributed by atoms with van der Waals surface area (Å²) >= 11 is 0. The van der Waals surface area contributed by atoms with E-state index in [1.165, 1.54) is 32.9 Å². The van der Waals surface area contributed by atoms with E-state index >= 15 is 0 Å². The number of amides is 1. The van der Waals surface area contributed by atoms with Crippen LogP contribution in [0.25, 0.3) is 0 Å². The monoisotopic (exact) mass is 345 g/mol. The Balaban J connectivity index is 3.18. The van der Waals surface area contributed by atoms with Crippen molar-refractivity contribution in [2.45, 2.75) is 44.5 Å². The molecule has 0 bridgehead atoms. The summed E-state index contributed by atoms with van der Waals surface area (Å²) < 4.78 is 42.6. The van der Waals surface area contributed by atoms with Gasteiger partial charge in [-0.05, 0) is 26.3 Å². The molecule has 132 valence electrons. The van der Waals surface area contributed by atoms with Crippen molar-refractivity contribution in [1.82, 2.24) is 5.32 Å². The predicted molar refractivity (Wildman–Crippen MR) is 79.1 cm³/mol. The zero-order chi connectivity index (χ0) is 18.5. The van der Waals surface area contributed by atoms with Crippen LogP contribution in [-0.4, -0.2) is 36.0 Å². The van der Waals surface area contributed by atoms with Crippen LogP contribution >= 0.6 is 0 Å². The van der Waals surface area contributed by atoms with Crippen LogP contribution in [-0.2, 0) is 19.1 Å². The van der Waals surface area contributed by atoms with E-state index in [1.807, 2.05) is 0 Å². The third kappa shape index (κ3) is 5.68. The van der Waals surface area contributed by atoms with Gasteiger partial charge in [0.1, 0.15) is 17.9 Å². The Morgan fingerprint density at radius 1 is 1.12 bits per heavy atom. The average Bonchev–Trinajstić information content (AvgIpc) is 2.45. The fourth-order valence-corrected chi connectivity index (χ4v) is 1.91. The highest BCUT2D eigenvalue weighted by Gasteiger charge is 2.43. The van der Waals surface area contributed by atoms with E-state index in [0.29, 0.717) is 6.29 Å². The van der Waals surface area contributed by atoms with Gasteiger partial charge in [-0.15, -0.1) is 0 Å². The fourth-order valence-electron chi connectivity index (χ4n) is 1.91. The zero-order valence-corrected chi connectivity index (χ0v) is 13.4. The molecule has 0 radical (unpaired) electrons. The highest BCUT2D eigenvalue weighted by molar-refractivity contribution is 5.90. The smallest absolute Gasteiger partial charge is 0.458 e. The predicted octanol–water partition coefficient (Wildman–Crippen LogP) is 2.36. The Kier molecular flexibility index (Phi) is 6.11. The first-order valence-corrected chi connectivity index (χ1v) is 7.06. The Hall–Kier alpha value is -2.38. The maximum atomic E-state index is 12.5. The molecule has 2 unspecified atom stereocenters. The van der Waals surface area contributed by atoms with Gasteiger partial charge in [0.05, 0.1) is 5.92 Å². The molecule has 0 aliphatic rings. The van der Waals surface area contributed by atoms with Crippen LogP contribution in [0.5, 0.6) is 0 Å². The van der Waals surface area contributed by atoms with E-state index in [4.69, 9.17) is 4.74 Å². The molecule has 0 spiro atoms. The highest BCUT2D eigenvalue weighted by Crippen LogP contribution is 2.23. The minimum absolute atomic E-state index is 0.283. The lowest BCUT2D eigenvalue weighted by atomic mass is 9.92. The Labute approximate surface area is 137 Å². The molecule has 1 aromatic carbocycles. The lowest BCUT2D eigenvalue weighted by Gasteiger charge is -2.27. The van der Waals surface area contributed by atoms with Gasteiger partial charge in [0, 0.05) is 0 Å². The summed E-state index contributed by atoms with van der Waals surface area (Å²) in [6.07, 6.45) is -4.88. The number of ether oxygens (including phenoxy) is 1. The minimum atomic E-state index is -5.19. The van der Waals surface area contributed by atoms with Crippen LogP contribution in [0.3, 0.4) is 0 Å². The van der Waals surface area contributed by atoms with Crippen molar-refractivity contribution in [3.05, 3.63) is 35.9 Å². The van der Waals surface area contributed by atoms with Crippen LogP contribution < -0.4 is 5.32 Å². The van der Waals surface area contributed by atoms with Crippen molar-refractivity contribution in [2.24, 2.45) is 0 Å². The quantitative estimate of drug-likeness (QED) is 0.657. The number of rotatable bonds is 5. The number of hydrogen-bond acceptors (Lipinski definition) is 4. The summed E-state index contributed by atoms with van der Waals surface area (Å²) in [7, 11) is 0. The van der Waals surface area contributed by atoms with Crippen LogP contribution in [0.15, 0.2) is 30.3 Å². The van der Waals surface area contributed by atoms with Gasteiger partial charge in [-0.1, -0.05) is 30.3 Å². The molecule has 0 aliphatic heterocycles. The molecular weight excluding hydrogens is 327 g/mol. The summed E-state index contributed by atoms with van der Waals surface area (Å²) in [6, 6.07) is 5.90. The fraction of sp³-hybridized carbons (Fsp3) is 0.438. The molecule has 2 atom stereocenters.